The Morgan fingerprint density at radius 3 is 2.21 bits per heavy atom. The van der Waals surface area contributed by atoms with Crippen molar-refractivity contribution in [2.24, 2.45) is 11.1 Å². The molecule has 0 heterocycles. The standard InChI is InChI=1S/C27H42N4O7/c1-16(23(34)29-8)30-24(35)22(31(9)21(33)15-28)19-10-11-20(37-25(36)38-26(3,4)5)18(14-19)12-13-27(6,7)17(2)32/h10-14,16-17,22,32H,15,28H2,1-9H3,(H,29,34)(H,30,35)/b13-12+/t16-,17+,22-/m0/s1. The number of benzene rings is 1. The van der Waals surface area contributed by atoms with Gasteiger partial charge >= 0.3 is 6.16 Å². The molecule has 3 amide bonds. The minimum atomic E-state index is -1.15. The van der Waals surface area contributed by atoms with Gasteiger partial charge in [0.2, 0.25) is 17.7 Å². The zero-order valence-electron chi connectivity index (χ0n) is 23.7. The number of nitrogens with one attached hydrogen (secondary N) is 2. The Bertz CT molecular complexity index is 1040. The first-order valence-electron chi connectivity index (χ1n) is 12.3. The van der Waals surface area contributed by atoms with Crippen molar-refractivity contribution in [3.8, 4) is 5.75 Å². The molecule has 38 heavy (non-hydrogen) atoms. The molecule has 0 aliphatic carbocycles. The summed E-state index contributed by atoms with van der Waals surface area (Å²) in [6, 6.07) is 2.59. The molecular formula is C27H42N4O7. The molecule has 1 aromatic carbocycles. The Hall–Kier alpha value is -3.44. The van der Waals surface area contributed by atoms with Crippen molar-refractivity contribution in [1.82, 2.24) is 15.5 Å². The third-order valence-electron chi connectivity index (χ3n) is 5.90. The fourth-order valence-electron chi connectivity index (χ4n) is 3.18. The third-order valence-corrected chi connectivity index (χ3v) is 5.90. The van der Waals surface area contributed by atoms with Crippen LogP contribution in [0.5, 0.6) is 5.75 Å². The maximum atomic E-state index is 13.3. The van der Waals surface area contributed by atoms with Gasteiger partial charge in [0.05, 0.1) is 12.6 Å². The summed E-state index contributed by atoms with van der Waals surface area (Å²) >= 11 is 0. The number of hydrogen-bond donors (Lipinski definition) is 4. The van der Waals surface area contributed by atoms with Gasteiger partial charge < -0.3 is 35.8 Å². The van der Waals surface area contributed by atoms with Crippen molar-refractivity contribution < 1.29 is 33.8 Å². The lowest BCUT2D eigenvalue weighted by Crippen LogP contribution is -2.49. The number of amides is 3. The molecule has 212 valence electrons. The highest BCUT2D eigenvalue weighted by molar-refractivity contribution is 5.93. The molecule has 5 N–H and O–H groups in total. The molecule has 0 fully saturated rings. The van der Waals surface area contributed by atoms with Gasteiger partial charge in [-0.05, 0) is 52.3 Å². The van der Waals surface area contributed by atoms with E-state index in [2.05, 4.69) is 10.6 Å². The van der Waals surface area contributed by atoms with Crippen LogP contribution in [0, 0.1) is 5.41 Å². The number of carbonyl (C=O) groups excluding carboxylic acids is 4. The lowest BCUT2D eigenvalue weighted by atomic mass is 9.86. The summed E-state index contributed by atoms with van der Waals surface area (Å²) in [5.41, 5.74) is 4.91. The number of nitrogens with two attached hydrogens (primary N) is 1. The Balaban J connectivity index is 3.63. The van der Waals surface area contributed by atoms with Crippen LogP contribution in [0.4, 0.5) is 4.79 Å². The fourth-order valence-corrected chi connectivity index (χ4v) is 3.18. The SMILES string of the molecule is CNC(=O)[C@H](C)NC(=O)[C@H](c1ccc(OC(=O)OC(C)(C)C)c(/C=C/C(C)(C)[C@@H](C)O)c1)N(C)C(=O)CN. The van der Waals surface area contributed by atoms with Gasteiger partial charge in [0.15, 0.2) is 0 Å². The number of ether oxygens (including phenoxy) is 2. The number of likely N-dealkylation sites (N-methyl/N-ethyl adjacent to an activating group) is 2. The normalized spacial score (nSPS) is 14.3. The van der Waals surface area contributed by atoms with E-state index in [9.17, 15) is 24.3 Å². The van der Waals surface area contributed by atoms with Crippen LogP contribution in [0.25, 0.3) is 6.08 Å². The van der Waals surface area contributed by atoms with Gasteiger partial charge in [-0.1, -0.05) is 32.1 Å². The second kappa shape index (κ2) is 13.4. The van der Waals surface area contributed by atoms with E-state index in [1.54, 1.807) is 45.9 Å². The lowest BCUT2D eigenvalue weighted by Gasteiger charge is -2.29. The first-order valence-corrected chi connectivity index (χ1v) is 12.3. The smallest absolute Gasteiger partial charge is 0.428 e. The molecule has 0 saturated heterocycles. The molecule has 0 aromatic heterocycles. The average Bonchev–Trinajstić information content (AvgIpc) is 2.81. The van der Waals surface area contributed by atoms with E-state index in [0.29, 0.717) is 11.1 Å². The molecule has 1 aromatic rings. The highest BCUT2D eigenvalue weighted by Gasteiger charge is 2.31. The van der Waals surface area contributed by atoms with E-state index in [0.717, 1.165) is 0 Å². The molecule has 0 radical (unpaired) electrons. The molecule has 11 heteroatoms. The van der Waals surface area contributed by atoms with E-state index in [1.807, 2.05) is 13.8 Å². The molecule has 0 bridgehead atoms. The predicted octanol–water partition coefficient (Wildman–Crippen LogP) is 2.13. The minimum Gasteiger partial charge on any atom is -0.428 e. The van der Waals surface area contributed by atoms with Crippen LogP contribution < -0.4 is 21.1 Å². The zero-order chi connectivity index (χ0) is 29.4. The van der Waals surface area contributed by atoms with Gasteiger partial charge in [0.25, 0.3) is 0 Å². The Kier molecular flexibility index (Phi) is 11.5. The van der Waals surface area contributed by atoms with Crippen LogP contribution in [0.2, 0.25) is 0 Å². The quantitative estimate of drug-likeness (QED) is 0.262. The Morgan fingerprint density at radius 1 is 1.11 bits per heavy atom. The van der Waals surface area contributed by atoms with Gasteiger partial charge in [-0.25, -0.2) is 4.79 Å². The molecule has 0 aliphatic rings. The summed E-state index contributed by atoms with van der Waals surface area (Å²) in [6.07, 6.45) is 1.80. The minimum absolute atomic E-state index is 0.145. The summed E-state index contributed by atoms with van der Waals surface area (Å²) in [5, 5.41) is 15.2. The number of nitrogens with zero attached hydrogens (tertiary/aromatic N) is 1. The topological polar surface area (TPSA) is 160 Å². The van der Waals surface area contributed by atoms with E-state index in [1.165, 1.54) is 38.1 Å². The van der Waals surface area contributed by atoms with Crippen LogP contribution in [-0.4, -0.2) is 72.3 Å². The van der Waals surface area contributed by atoms with Crippen LogP contribution in [0.1, 0.15) is 65.6 Å². The van der Waals surface area contributed by atoms with Crippen molar-refractivity contribution in [2.75, 3.05) is 20.6 Å². The van der Waals surface area contributed by atoms with Crippen molar-refractivity contribution in [3.05, 3.63) is 35.4 Å². The number of aliphatic hydroxyl groups excluding tert-OH is 1. The molecule has 1 rings (SSSR count). The van der Waals surface area contributed by atoms with Crippen molar-refractivity contribution in [3.63, 3.8) is 0 Å². The summed E-state index contributed by atoms with van der Waals surface area (Å²) in [4.78, 5) is 51.3. The highest BCUT2D eigenvalue weighted by Crippen LogP contribution is 2.31. The summed E-state index contributed by atoms with van der Waals surface area (Å²) in [6.45, 7) is 11.6. The molecular weight excluding hydrogens is 492 g/mol. The van der Waals surface area contributed by atoms with Crippen molar-refractivity contribution in [2.45, 2.75) is 72.3 Å². The summed E-state index contributed by atoms with van der Waals surface area (Å²) < 4.78 is 10.7. The Labute approximate surface area is 224 Å². The largest absolute Gasteiger partial charge is 0.514 e. The Morgan fingerprint density at radius 2 is 1.71 bits per heavy atom. The highest BCUT2D eigenvalue weighted by atomic mass is 16.7. The summed E-state index contributed by atoms with van der Waals surface area (Å²) in [5.74, 6) is -1.37. The molecule has 0 spiro atoms. The van der Waals surface area contributed by atoms with Gasteiger partial charge in [0, 0.05) is 25.1 Å². The van der Waals surface area contributed by atoms with Crippen LogP contribution in [0.3, 0.4) is 0 Å². The van der Waals surface area contributed by atoms with E-state index in [-0.39, 0.29) is 12.3 Å². The lowest BCUT2D eigenvalue weighted by molar-refractivity contribution is -0.139. The van der Waals surface area contributed by atoms with Gasteiger partial charge in [-0.15, -0.1) is 0 Å². The molecule has 11 nitrogen and oxygen atoms in total. The number of rotatable bonds is 10. The fraction of sp³-hybridized carbons (Fsp3) is 0.556. The molecule has 0 aliphatic heterocycles. The molecule has 0 unspecified atom stereocenters. The number of carbonyl (C=O) groups is 4. The van der Waals surface area contributed by atoms with E-state index in [4.69, 9.17) is 15.2 Å². The van der Waals surface area contributed by atoms with Gasteiger partial charge in [-0.2, -0.15) is 0 Å². The van der Waals surface area contributed by atoms with Crippen molar-refractivity contribution in [1.29, 1.82) is 0 Å². The number of aliphatic hydroxyl groups is 1. The molecule has 3 atom stereocenters. The monoisotopic (exact) mass is 534 g/mol. The molecule has 0 saturated carbocycles. The maximum Gasteiger partial charge on any atom is 0.514 e. The zero-order valence-corrected chi connectivity index (χ0v) is 23.7. The predicted molar refractivity (Wildman–Crippen MR) is 144 cm³/mol. The van der Waals surface area contributed by atoms with Gasteiger partial charge in [-0.3, -0.25) is 14.4 Å². The first-order chi connectivity index (χ1) is 17.4. The van der Waals surface area contributed by atoms with Crippen LogP contribution in [-0.2, 0) is 19.1 Å². The van der Waals surface area contributed by atoms with E-state index >= 15 is 0 Å². The van der Waals surface area contributed by atoms with E-state index < -0.39 is 53.1 Å². The van der Waals surface area contributed by atoms with Crippen LogP contribution in [0.15, 0.2) is 24.3 Å². The number of hydrogen-bond acceptors (Lipinski definition) is 8. The third kappa shape index (κ3) is 9.46. The summed E-state index contributed by atoms with van der Waals surface area (Å²) in [7, 11) is 2.88. The van der Waals surface area contributed by atoms with Gasteiger partial charge in [0.1, 0.15) is 23.4 Å². The maximum absolute atomic E-state index is 13.3. The van der Waals surface area contributed by atoms with Crippen LogP contribution >= 0.6 is 0 Å². The average molecular weight is 535 g/mol. The second-order valence-corrected chi connectivity index (χ2v) is 10.7. The first kappa shape index (κ1) is 32.6. The second-order valence-electron chi connectivity index (χ2n) is 10.7. The van der Waals surface area contributed by atoms with Crippen molar-refractivity contribution >= 4 is 30.0 Å².